The van der Waals surface area contributed by atoms with E-state index >= 15 is 0 Å². The minimum absolute atomic E-state index is 0.0260. The summed E-state index contributed by atoms with van der Waals surface area (Å²) >= 11 is 0. The molecule has 6 nitrogen and oxygen atoms in total. The lowest BCUT2D eigenvalue weighted by Gasteiger charge is -2.34. The Bertz CT molecular complexity index is 293. The monoisotopic (exact) mass is 270 g/mol. The van der Waals surface area contributed by atoms with Crippen LogP contribution in [0.1, 0.15) is 13.3 Å². The molecule has 0 aromatic carbocycles. The Hall–Kier alpha value is -1.35. The summed E-state index contributed by atoms with van der Waals surface area (Å²) in [7, 11) is 0. The number of carbonyl (C=O) groups excluding carboxylic acids is 2. The largest absolute Gasteiger partial charge is 0.405 e. The molecule has 6 N–H and O–H groups in total. The van der Waals surface area contributed by atoms with Crippen LogP contribution in [0.2, 0.25) is 0 Å². The fourth-order valence-electron chi connectivity index (χ4n) is 1.60. The normalized spacial score (nSPS) is 15.4. The van der Waals surface area contributed by atoms with E-state index in [0.717, 1.165) is 0 Å². The summed E-state index contributed by atoms with van der Waals surface area (Å²) in [5.41, 5.74) is 15.1. The Labute approximate surface area is 102 Å². The molecule has 0 bridgehead atoms. The van der Waals surface area contributed by atoms with E-state index in [9.17, 15) is 22.8 Å². The van der Waals surface area contributed by atoms with Crippen LogP contribution in [0.5, 0.6) is 0 Å². The number of carbonyl (C=O) groups is 2. The van der Waals surface area contributed by atoms with Gasteiger partial charge in [-0.05, 0) is 6.42 Å². The van der Waals surface area contributed by atoms with E-state index in [1.807, 2.05) is 0 Å². The first-order valence-electron chi connectivity index (χ1n) is 5.22. The minimum atomic E-state index is -4.68. The molecule has 0 aliphatic rings. The van der Waals surface area contributed by atoms with Crippen LogP contribution in [0.4, 0.5) is 13.2 Å². The number of nitrogens with zero attached hydrogens (tertiary/aromatic N) is 1. The van der Waals surface area contributed by atoms with E-state index < -0.39 is 43.2 Å². The van der Waals surface area contributed by atoms with Gasteiger partial charge in [0, 0.05) is 6.04 Å². The predicted molar refractivity (Wildman–Crippen MR) is 58.1 cm³/mol. The molecule has 106 valence electrons. The summed E-state index contributed by atoms with van der Waals surface area (Å²) in [5.74, 6) is -1.98. The lowest BCUT2D eigenvalue weighted by atomic mass is 10.0. The first-order chi connectivity index (χ1) is 8.09. The SMILES string of the molecule is CCC(N)C(N(CC(N)=O)CC(N)=O)C(F)(F)F. The van der Waals surface area contributed by atoms with Crippen molar-refractivity contribution < 1.29 is 22.8 Å². The van der Waals surface area contributed by atoms with E-state index in [0.29, 0.717) is 4.90 Å². The van der Waals surface area contributed by atoms with Gasteiger partial charge in [0.15, 0.2) is 0 Å². The van der Waals surface area contributed by atoms with Crippen molar-refractivity contribution >= 4 is 11.8 Å². The van der Waals surface area contributed by atoms with Gasteiger partial charge in [0.2, 0.25) is 11.8 Å². The van der Waals surface area contributed by atoms with Crippen LogP contribution < -0.4 is 17.2 Å². The molecule has 9 heteroatoms. The molecule has 0 heterocycles. The zero-order valence-corrected chi connectivity index (χ0v) is 9.91. The third-order valence-corrected chi connectivity index (χ3v) is 2.32. The predicted octanol–water partition coefficient (Wildman–Crippen LogP) is -1.07. The highest BCUT2D eigenvalue weighted by molar-refractivity contribution is 5.79. The van der Waals surface area contributed by atoms with E-state index in [1.54, 1.807) is 0 Å². The molecule has 18 heavy (non-hydrogen) atoms. The average molecular weight is 270 g/mol. The molecule has 0 fully saturated rings. The number of rotatable bonds is 7. The molecular formula is C9H17F3N4O2. The number of primary amides is 2. The van der Waals surface area contributed by atoms with Gasteiger partial charge in [0.1, 0.15) is 6.04 Å². The van der Waals surface area contributed by atoms with Crippen LogP contribution in [0.15, 0.2) is 0 Å². The lowest BCUT2D eigenvalue weighted by Crippen LogP contribution is -2.59. The van der Waals surface area contributed by atoms with Crippen molar-refractivity contribution in [1.82, 2.24) is 4.90 Å². The summed E-state index contributed by atoms with van der Waals surface area (Å²) in [5, 5.41) is 0. The van der Waals surface area contributed by atoms with Crippen molar-refractivity contribution in [3.8, 4) is 0 Å². The van der Waals surface area contributed by atoms with Crippen LogP contribution in [0.25, 0.3) is 0 Å². The number of amides is 2. The van der Waals surface area contributed by atoms with Gasteiger partial charge in [-0.15, -0.1) is 0 Å². The first kappa shape index (κ1) is 16.6. The second-order valence-electron chi connectivity index (χ2n) is 3.90. The van der Waals surface area contributed by atoms with Crippen LogP contribution in [0, 0.1) is 0 Å². The van der Waals surface area contributed by atoms with Crippen molar-refractivity contribution in [2.24, 2.45) is 17.2 Å². The Morgan fingerprint density at radius 1 is 1.17 bits per heavy atom. The molecule has 0 radical (unpaired) electrons. The molecule has 0 aliphatic carbocycles. The summed E-state index contributed by atoms with van der Waals surface area (Å²) in [4.78, 5) is 22.1. The average Bonchev–Trinajstić information content (AvgIpc) is 2.12. The fraction of sp³-hybridized carbons (Fsp3) is 0.778. The molecule has 0 aromatic heterocycles. The summed E-state index contributed by atoms with van der Waals surface area (Å²) in [6, 6.07) is -3.41. The molecule has 0 saturated carbocycles. The van der Waals surface area contributed by atoms with Crippen molar-refractivity contribution in [3.05, 3.63) is 0 Å². The second-order valence-corrected chi connectivity index (χ2v) is 3.90. The second kappa shape index (κ2) is 6.55. The van der Waals surface area contributed by atoms with Gasteiger partial charge in [-0.25, -0.2) is 0 Å². The standard InChI is InChI=1S/C9H17F3N4O2/c1-2-5(13)8(9(10,11)12)16(3-6(14)17)4-7(15)18/h5,8H,2-4,13H2,1H3,(H2,14,17)(H2,15,18). The topological polar surface area (TPSA) is 115 Å². The maximum Gasteiger partial charge on any atom is 0.405 e. The number of hydrogen-bond donors (Lipinski definition) is 3. The van der Waals surface area contributed by atoms with Crippen LogP contribution in [-0.4, -0.2) is 48.1 Å². The van der Waals surface area contributed by atoms with E-state index in [2.05, 4.69) is 0 Å². The molecular weight excluding hydrogens is 253 g/mol. The zero-order chi connectivity index (χ0) is 14.5. The smallest absolute Gasteiger partial charge is 0.369 e. The van der Waals surface area contributed by atoms with Gasteiger partial charge in [-0.3, -0.25) is 14.5 Å². The Kier molecular flexibility index (Phi) is 6.06. The fourth-order valence-corrected chi connectivity index (χ4v) is 1.60. The van der Waals surface area contributed by atoms with Crippen LogP contribution in [-0.2, 0) is 9.59 Å². The molecule has 0 saturated heterocycles. The molecule has 2 unspecified atom stereocenters. The number of hydrogen-bond acceptors (Lipinski definition) is 4. The van der Waals surface area contributed by atoms with Crippen LogP contribution in [0.3, 0.4) is 0 Å². The maximum atomic E-state index is 12.9. The number of nitrogens with two attached hydrogens (primary N) is 3. The zero-order valence-electron chi connectivity index (χ0n) is 9.91. The highest BCUT2D eigenvalue weighted by atomic mass is 19.4. The van der Waals surface area contributed by atoms with Gasteiger partial charge in [-0.1, -0.05) is 6.92 Å². The lowest BCUT2D eigenvalue weighted by molar-refractivity contribution is -0.189. The summed E-state index contributed by atoms with van der Waals surface area (Å²) in [6.45, 7) is -0.00223. The third kappa shape index (κ3) is 5.32. The maximum absolute atomic E-state index is 12.9. The van der Waals surface area contributed by atoms with E-state index in [4.69, 9.17) is 17.2 Å². The Morgan fingerprint density at radius 2 is 1.56 bits per heavy atom. The quantitative estimate of drug-likeness (QED) is 0.546. The molecule has 2 atom stereocenters. The molecule has 0 aliphatic heterocycles. The van der Waals surface area contributed by atoms with Gasteiger partial charge < -0.3 is 17.2 Å². The van der Waals surface area contributed by atoms with Gasteiger partial charge in [0.05, 0.1) is 13.1 Å². The Morgan fingerprint density at radius 3 is 1.78 bits per heavy atom. The highest BCUT2D eigenvalue weighted by Crippen LogP contribution is 2.27. The highest BCUT2D eigenvalue weighted by Gasteiger charge is 2.47. The third-order valence-electron chi connectivity index (χ3n) is 2.32. The van der Waals surface area contributed by atoms with Crippen LogP contribution >= 0.6 is 0 Å². The van der Waals surface area contributed by atoms with Crippen molar-refractivity contribution in [2.45, 2.75) is 31.6 Å². The summed E-state index contributed by atoms with van der Waals surface area (Å²) < 4.78 is 38.6. The first-order valence-corrected chi connectivity index (χ1v) is 5.22. The van der Waals surface area contributed by atoms with E-state index in [1.165, 1.54) is 6.92 Å². The minimum Gasteiger partial charge on any atom is -0.369 e. The molecule has 0 spiro atoms. The Balaban J connectivity index is 5.18. The van der Waals surface area contributed by atoms with Gasteiger partial charge in [0.25, 0.3) is 0 Å². The van der Waals surface area contributed by atoms with E-state index in [-0.39, 0.29) is 6.42 Å². The number of halogens is 3. The number of alkyl halides is 3. The van der Waals surface area contributed by atoms with Gasteiger partial charge in [-0.2, -0.15) is 13.2 Å². The molecule has 2 amide bonds. The summed E-state index contributed by atoms with van der Waals surface area (Å²) in [6.07, 6.45) is -4.65. The molecule has 0 rings (SSSR count). The molecule has 0 aromatic rings. The van der Waals surface area contributed by atoms with Gasteiger partial charge >= 0.3 is 6.18 Å². The van der Waals surface area contributed by atoms with Crippen molar-refractivity contribution in [2.75, 3.05) is 13.1 Å². The van der Waals surface area contributed by atoms with Crippen molar-refractivity contribution in [1.29, 1.82) is 0 Å². The van der Waals surface area contributed by atoms with Crippen molar-refractivity contribution in [3.63, 3.8) is 0 Å².